The van der Waals surface area contributed by atoms with Gasteiger partial charge in [-0.2, -0.15) is 0 Å². The van der Waals surface area contributed by atoms with Gasteiger partial charge in [-0.1, -0.05) is 30.2 Å². The molecule has 0 spiro atoms. The van der Waals surface area contributed by atoms with Gasteiger partial charge in [-0.15, -0.1) is 0 Å². The van der Waals surface area contributed by atoms with E-state index in [0.717, 1.165) is 29.1 Å². The van der Waals surface area contributed by atoms with Crippen LogP contribution in [-0.2, 0) is 0 Å². The van der Waals surface area contributed by atoms with Crippen LogP contribution in [-0.4, -0.2) is 6.54 Å². The molecule has 2 unspecified atom stereocenters. The van der Waals surface area contributed by atoms with Crippen molar-refractivity contribution in [3.8, 4) is 0 Å². The van der Waals surface area contributed by atoms with Crippen molar-refractivity contribution in [1.82, 2.24) is 0 Å². The zero-order valence-corrected chi connectivity index (χ0v) is 11.3. The van der Waals surface area contributed by atoms with E-state index in [1.807, 2.05) is 24.3 Å². The van der Waals surface area contributed by atoms with Gasteiger partial charge in [0.15, 0.2) is 0 Å². The van der Waals surface area contributed by atoms with Crippen molar-refractivity contribution in [2.45, 2.75) is 26.7 Å². The lowest BCUT2D eigenvalue weighted by Gasteiger charge is -2.26. The molecule has 0 saturated carbocycles. The summed E-state index contributed by atoms with van der Waals surface area (Å²) in [4.78, 5) is 0. The van der Waals surface area contributed by atoms with E-state index < -0.39 is 0 Å². The van der Waals surface area contributed by atoms with E-state index in [1.165, 1.54) is 18.4 Å². The Kier molecular flexibility index (Phi) is 4.11. The van der Waals surface area contributed by atoms with E-state index in [2.05, 4.69) is 25.2 Å². The molecule has 0 heterocycles. The van der Waals surface area contributed by atoms with E-state index in [1.54, 1.807) is 0 Å². The number of halogens is 1. The van der Waals surface area contributed by atoms with Crippen LogP contribution < -0.4 is 5.32 Å². The lowest BCUT2D eigenvalue weighted by Crippen LogP contribution is -2.20. The molecule has 1 nitrogen and oxygen atoms in total. The monoisotopic (exact) mass is 249 g/mol. The van der Waals surface area contributed by atoms with Crippen LogP contribution in [0.15, 0.2) is 35.9 Å². The summed E-state index contributed by atoms with van der Waals surface area (Å²) in [5.74, 6) is 1.48. The van der Waals surface area contributed by atoms with Gasteiger partial charge in [0.1, 0.15) is 0 Å². The zero-order valence-electron chi connectivity index (χ0n) is 10.5. The fourth-order valence-corrected chi connectivity index (χ4v) is 2.80. The van der Waals surface area contributed by atoms with Gasteiger partial charge in [0, 0.05) is 17.3 Å². The minimum Gasteiger partial charge on any atom is -0.385 e. The number of nitrogens with one attached hydrogen (secondary N) is 1. The van der Waals surface area contributed by atoms with Crippen LogP contribution in [0.25, 0.3) is 0 Å². The highest BCUT2D eigenvalue weighted by Crippen LogP contribution is 2.28. The van der Waals surface area contributed by atoms with Crippen LogP contribution in [0.5, 0.6) is 0 Å². The Hall–Kier alpha value is -0.950. The molecule has 1 aromatic rings. The lowest BCUT2D eigenvalue weighted by atomic mass is 9.84. The first kappa shape index (κ1) is 12.5. The third-order valence-corrected chi connectivity index (χ3v) is 3.58. The highest BCUT2D eigenvalue weighted by Gasteiger charge is 2.17. The van der Waals surface area contributed by atoms with E-state index in [4.69, 9.17) is 11.6 Å². The lowest BCUT2D eigenvalue weighted by molar-refractivity contribution is 0.421. The molecule has 2 heteroatoms. The largest absolute Gasteiger partial charge is 0.385 e. The zero-order chi connectivity index (χ0) is 12.3. The van der Waals surface area contributed by atoms with E-state index in [9.17, 15) is 0 Å². The molecule has 1 aromatic carbocycles. The third kappa shape index (κ3) is 3.78. The van der Waals surface area contributed by atoms with Crippen LogP contribution in [0.4, 0.5) is 5.69 Å². The Balaban J connectivity index is 1.86. The Morgan fingerprint density at radius 2 is 2.00 bits per heavy atom. The van der Waals surface area contributed by atoms with Crippen molar-refractivity contribution in [1.29, 1.82) is 0 Å². The fraction of sp³-hybridized carbons (Fsp3) is 0.467. The van der Waals surface area contributed by atoms with Crippen LogP contribution in [0.3, 0.4) is 0 Å². The minimum absolute atomic E-state index is 0.723. The van der Waals surface area contributed by atoms with Gasteiger partial charge in [0.2, 0.25) is 0 Å². The quantitative estimate of drug-likeness (QED) is 0.763. The van der Waals surface area contributed by atoms with E-state index in [-0.39, 0.29) is 0 Å². The van der Waals surface area contributed by atoms with Crippen molar-refractivity contribution in [3.63, 3.8) is 0 Å². The van der Waals surface area contributed by atoms with Crippen LogP contribution in [0, 0.1) is 11.8 Å². The highest BCUT2D eigenvalue weighted by atomic mass is 35.5. The second-order valence-electron chi connectivity index (χ2n) is 5.18. The molecule has 0 aromatic heterocycles. The summed E-state index contributed by atoms with van der Waals surface area (Å²) in [6, 6.07) is 7.94. The summed E-state index contributed by atoms with van der Waals surface area (Å²) in [5.41, 5.74) is 2.70. The smallest absolute Gasteiger partial charge is 0.0407 e. The third-order valence-electron chi connectivity index (χ3n) is 3.32. The molecule has 1 N–H and O–H groups in total. The van der Waals surface area contributed by atoms with Gasteiger partial charge in [0.05, 0.1) is 0 Å². The summed E-state index contributed by atoms with van der Waals surface area (Å²) in [7, 11) is 0. The highest BCUT2D eigenvalue weighted by molar-refractivity contribution is 6.30. The van der Waals surface area contributed by atoms with Gasteiger partial charge >= 0.3 is 0 Å². The first-order chi connectivity index (χ1) is 8.13. The topological polar surface area (TPSA) is 12.0 Å². The number of anilines is 1. The van der Waals surface area contributed by atoms with E-state index >= 15 is 0 Å². The SMILES string of the molecule is CC1=CC(C)CC(CNc2ccc(Cl)cc2)C1. The van der Waals surface area contributed by atoms with Gasteiger partial charge in [0.25, 0.3) is 0 Å². The number of hydrogen-bond donors (Lipinski definition) is 1. The number of rotatable bonds is 3. The number of benzene rings is 1. The summed E-state index contributed by atoms with van der Waals surface area (Å²) >= 11 is 5.86. The number of allylic oxidation sites excluding steroid dienone is 2. The Labute approximate surface area is 109 Å². The first-order valence-electron chi connectivity index (χ1n) is 6.30. The molecule has 0 amide bonds. The molecule has 92 valence electrons. The standard InChI is InChI=1S/C15H20ClN/c1-11-7-12(2)9-13(8-11)10-17-15-5-3-14(16)4-6-15/h3-7,11,13,17H,8-10H2,1-2H3. The second-order valence-corrected chi connectivity index (χ2v) is 5.62. The van der Waals surface area contributed by atoms with Crippen molar-refractivity contribution < 1.29 is 0 Å². The van der Waals surface area contributed by atoms with Gasteiger partial charge in [-0.25, -0.2) is 0 Å². The normalized spacial score (nSPS) is 24.3. The summed E-state index contributed by atoms with van der Waals surface area (Å²) in [6.45, 7) is 5.60. The van der Waals surface area contributed by atoms with Crippen LogP contribution in [0.2, 0.25) is 5.02 Å². The molecule has 0 aliphatic heterocycles. The maximum Gasteiger partial charge on any atom is 0.0407 e. The van der Waals surface area contributed by atoms with E-state index in [0.29, 0.717) is 0 Å². The molecule has 0 saturated heterocycles. The van der Waals surface area contributed by atoms with Crippen molar-refractivity contribution >= 4 is 17.3 Å². The Morgan fingerprint density at radius 1 is 1.29 bits per heavy atom. The maximum atomic E-state index is 5.86. The second kappa shape index (κ2) is 5.59. The van der Waals surface area contributed by atoms with Gasteiger partial charge in [-0.05, 0) is 55.9 Å². The predicted octanol–water partition coefficient (Wildman–Crippen LogP) is 4.74. The molecule has 0 fully saturated rings. The average molecular weight is 250 g/mol. The van der Waals surface area contributed by atoms with Crippen molar-refractivity contribution in [2.24, 2.45) is 11.8 Å². The molecular weight excluding hydrogens is 230 g/mol. The average Bonchev–Trinajstić information content (AvgIpc) is 2.27. The molecule has 17 heavy (non-hydrogen) atoms. The molecule has 1 aliphatic carbocycles. The van der Waals surface area contributed by atoms with Crippen molar-refractivity contribution in [3.05, 3.63) is 40.9 Å². The predicted molar refractivity (Wildman–Crippen MR) is 75.6 cm³/mol. The summed E-state index contributed by atoms with van der Waals surface area (Å²) in [6.07, 6.45) is 4.92. The summed E-state index contributed by atoms with van der Waals surface area (Å²) in [5, 5.41) is 4.29. The fourth-order valence-electron chi connectivity index (χ4n) is 2.67. The maximum absolute atomic E-state index is 5.86. The van der Waals surface area contributed by atoms with Crippen LogP contribution >= 0.6 is 11.6 Å². The van der Waals surface area contributed by atoms with Crippen LogP contribution in [0.1, 0.15) is 26.7 Å². The Morgan fingerprint density at radius 3 is 2.65 bits per heavy atom. The van der Waals surface area contributed by atoms with Crippen molar-refractivity contribution in [2.75, 3.05) is 11.9 Å². The first-order valence-corrected chi connectivity index (χ1v) is 6.68. The number of hydrogen-bond acceptors (Lipinski definition) is 1. The minimum atomic E-state index is 0.723. The Bertz CT molecular complexity index is 394. The van der Waals surface area contributed by atoms with Gasteiger partial charge < -0.3 is 5.32 Å². The molecule has 2 rings (SSSR count). The molecule has 0 radical (unpaired) electrons. The molecule has 0 bridgehead atoms. The molecular formula is C15H20ClN. The summed E-state index contributed by atoms with van der Waals surface area (Å²) < 4.78 is 0. The molecule has 1 aliphatic rings. The van der Waals surface area contributed by atoms with Gasteiger partial charge in [-0.3, -0.25) is 0 Å². The molecule has 2 atom stereocenters.